The molecule has 2 aliphatic rings. The lowest BCUT2D eigenvalue weighted by atomic mass is 9.67. The van der Waals surface area contributed by atoms with E-state index in [-0.39, 0.29) is 0 Å². The molecule has 1 heterocycles. The predicted octanol–water partition coefficient (Wildman–Crippen LogP) is 3.30. The molecule has 2 rings (SSSR count). The van der Waals surface area contributed by atoms with Crippen LogP contribution >= 0.6 is 0 Å². The highest BCUT2D eigenvalue weighted by atomic mass is 14.9. The molecule has 0 amide bonds. The molecular formula is C14H27N. The maximum Gasteiger partial charge on any atom is -0.00153 e. The third-order valence-corrected chi connectivity index (χ3v) is 4.71. The van der Waals surface area contributed by atoms with Gasteiger partial charge in [0.15, 0.2) is 0 Å². The summed E-state index contributed by atoms with van der Waals surface area (Å²) in [5.41, 5.74) is 0. The van der Waals surface area contributed by atoms with Crippen molar-refractivity contribution in [2.75, 3.05) is 13.1 Å². The van der Waals surface area contributed by atoms with Crippen molar-refractivity contribution in [1.29, 1.82) is 0 Å². The molecule has 1 aliphatic carbocycles. The number of rotatable bonds is 1. The fourth-order valence-electron chi connectivity index (χ4n) is 4.00. The zero-order valence-electron chi connectivity index (χ0n) is 10.6. The first-order valence-electron chi connectivity index (χ1n) is 6.87. The van der Waals surface area contributed by atoms with Gasteiger partial charge in [-0.05, 0) is 68.4 Å². The molecule has 0 spiro atoms. The van der Waals surface area contributed by atoms with E-state index in [1.54, 1.807) is 0 Å². The lowest BCUT2D eigenvalue weighted by Gasteiger charge is -2.41. The summed E-state index contributed by atoms with van der Waals surface area (Å²) in [6.45, 7) is 9.89. The van der Waals surface area contributed by atoms with Gasteiger partial charge in [0.1, 0.15) is 0 Å². The van der Waals surface area contributed by atoms with Crippen molar-refractivity contribution in [2.45, 2.75) is 46.5 Å². The second-order valence-electron chi connectivity index (χ2n) is 6.31. The average molecular weight is 209 g/mol. The molecule has 2 fully saturated rings. The van der Waals surface area contributed by atoms with Crippen LogP contribution in [0.3, 0.4) is 0 Å². The summed E-state index contributed by atoms with van der Waals surface area (Å²) in [5, 5.41) is 3.59. The molecule has 0 aromatic carbocycles. The van der Waals surface area contributed by atoms with Crippen LogP contribution < -0.4 is 5.32 Å². The topological polar surface area (TPSA) is 12.0 Å². The van der Waals surface area contributed by atoms with Gasteiger partial charge in [-0.3, -0.25) is 0 Å². The molecular weight excluding hydrogens is 182 g/mol. The molecule has 4 atom stereocenters. The van der Waals surface area contributed by atoms with Crippen molar-refractivity contribution >= 4 is 0 Å². The van der Waals surface area contributed by atoms with Crippen LogP contribution in [0, 0.1) is 29.6 Å². The highest BCUT2D eigenvalue weighted by Crippen LogP contribution is 2.40. The van der Waals surface area contributed by atoms with Crippen molar-refractivity contribution < 1.29 is 0 Å². The van der Waals surface area contributed by atoms with Crippen LogP contribution in [0.5, 0.6) is 0 Å². The van der Waals surface area contributed by atoms with Crippen molar-refractivity contribution in [2.24, 2.45) is 29.6 Å². The first kappa shape index (κ1) is 11.4. The van der Waals surface area contributed by atoms with Gasteiger partial charge in [-0.15, -0.1) is 0 Å². The Labute approximate surface area is 95.0 Å². The minimum absolute atomic E-state index is 0.953. The molecule has 88 valence electrons. The van der Waals surface area contributed by atoms with E-state index in [4.69, 9.17) is 0 Å². The molecule has 1 aliphatic heterocycles. The SMILES string of the molecule is CC1CC(C)CC(C2CNCCC2C)C1. The van der Waals surface area contributed by atoms with Crippen LogP contribution in [-0.2, 0) is 0 Å². The van der Waals surface area contributed by atoms with Crippen LogP contribution in [0.1, 0.15) is 46.5 Å². The zero-order chi connectivity index (χ0) is 10.8. The monoisotopic (exact) mass is 209 g/mol. The summed E-state index contributed by atoms with van der Waals surface area (Å²) >= 11 is 0. The smallest absolute Gasteiger partial charge is 0.00153 e. The van der Waals surface area contributed by atoms with Crippen LogP contribution in [-0.4, -0.2) is 13.1 Å². The number of nitrogens with one attached hydrogen (secondary N) is 1. The Morgan fingerprint density at radius 2 is 1.60 bits per heavy atom. The summed E-state index contributed by atoms with van der Waals surface area (Å²) in [5.74, 6) is 4.85. The highest BCUT2D eigenvalue weighted by Gasteiger charge is 2.33. The molecule has 15 heavy (non-hydrogen) atoms. The predicted molar refractivity (Wildman–Crippen MR) is 65.8 cm³/mol. The van der Waals surface area contributed by atoms with E-state index in [0.717, 1.165) is 29.6 Å². The van der Waals surface area contributed by atoms with Gasteiger partial charge < -0.3 is 5.32 Å². The third kappa shape index (κ3) is 2.75. The molecule has 1 heteroatoms. The molecule has 1 nitrogen and oxygen atoms in total. The molecule has 1 saturated heterocycles. The second-order valence-corrected chi connectivity index (χ2v) is 6.31. The van der Waals surface area contributed by atoms with E-state index < -0.39 is 0 Å². The number of hydrogen-bond acceptors (Lipinski definition) is 1. The fraction of sp³-hybridized carbons (Fsp3) is 1.00. The van der Waals surface area contributed by atoms with Crippen molar-refractivity contribution in [3.8, 4) is 0 Å². The van der Waals surface area contributed by atoms with Crippen LogP contribution in [0.2, 0.25) is 0 Å². The van der Waals surface area contributed by atoms with Gasteiger partial charge >= 0.3 is 0 Å². The van der Waals surface area contributed by atoms with Gasteiger partial charge in [0, 0.05) is 0 Å². The molecule has 0 aromatic heterocycles. The average Bonchev–Trinajstić information content (AvgIpc) is 2.16. The molecule has 0 aromatic rings. The maximum atomic E-state index is 3.59. The van der Waals surface area contributed by atoms with Gasteiger partial charge in [0.05, 0.1) is 0 Å². The Morgan fingerprint density at radius 3 is 2.20 bits per heavy atom. The largest absolute Gasteiger partial charge is 0.316 e. The summed E-state index contributed by atoms with van der Waals surface area (Å²) in [6, 6.07) is 0. The Morgan fingerprint density at radius 1 is 0.933 bits per heavy atom. The van der Waals surface area contributed by atoms with Crippen LogP contribution in [0.15, 0.2) is 0 Å². The van der Waals surface area contributed by atoms with Crippen LogP contribution in [0.25, 0.3) is 0 Å². The quantitative estimate of drug-likeness (QED) is 0.698. The van der Waals surface area contributed by atoms with Crippen molar-refractivity contribution in [1.82, 2.24) is 5.32 Å². The fourth-order valence-corrected chi connectivity index (χ4v) is 4.00. The summed E-state index contributed by atoms with van der Waals surface area (Å²) in [7, 11) is 0. The first-order chi connectivity index (χ1) is 7.16. The van der Waals surface area contributed by atoms with E-state index in [2.05, 4.69) is 26.1 Å². The van der Waals surface area contributed by atoms with Crippen LogP contribution in [0.4, 0.5) is 0 Å². The van der Waals surface area contributed by atoms with Gasteiger partial charge in [-0.1, -0.05) is 20.8 Å². The maximum absolute atomic E-state index is 3.59. The van der Waals surface area contributed by atoms with Gasteiger partial charge in [0.25, 0.3) is 0 Å². The Bertz CT molecular complexity index is 192. The van der Waals surface area contributed by atoms with Gasteiger partial charge in [-0.25, -0.2) is 0 Å². The third-order valence-electron chi connectivity index (χ3n) is 4.71. The van der Waals surface area contributed by atoms with Gasteiger partial charge in [-0.2, -0.15) is 0 Å². The highest BCUT2D eigenvalue weighted by molar-refractivity contribution is 4.85. The summed E-state index contributed by atoms with van der Waals surface area (Å²) in [6.07, 6.45) is 5.83. The second kappa shape index (κ2) is 4.86. The molecule has 0 bridgehead atoms. The van der Waals surface area contributed by atoms with E-state index in [0.29, 0.717) is 0 Å². The first-order valence-corrected chi connectivity index (χ1v) is 6.87. The van der Waals surface area contributed by atoms with E-state index >= 15 is 0 Å². The van der Waals surface area contributed by atoms with E-state index in [9.17, 15) is 0 Å². The molecule has 1 N–H and O–H groups in total. The Balaban J connectivity index is 1.95. The van der Waals surface area contributed by atoms with E-state index in [1.165, 1.54) is 38.8 Å². The molecule has 0 radical (unpaired) electrons. The van der Waals surface area contributed by atoms with Gasteiger partial charge in [0.2, 0.25) is 0 Å². The van der Waals surface area contributed by atoms with Crippen molar-refractivity contribution in [3.63, 3.8) is 0 Å². The minimum Gasteiger partial charge on any atom is -0.316 e. The normalized spacial score (nSPS) is 47.8. The minimum atomic E-state index is 0.953. The van der Waals surface area contributed by atoms with E-state index in [1.807, 2.05) is 0 Å². The standard InChI is InChI=1S/C14H27N/c1-10-6-11(2)8-13(7-10)14-9-15-5-4-12(14)3/h10-15H,4-9H2,1-3H3. The summed E-state index contributed by atoms with van der Waals surface area (Å²) in [4.78, 5) is 0. The Hall–Kier alpha value is -0.0400. The van der Waals surface area contributed by atoms with Crippen molar-refractivity contribution in [3.05, 3.63) is 0 Å². The summed E-state index contributed by atoms with van der Waals surface area (Å²) < 4.78 is 0. The number of piperidine rings is 1. The number of hydrogen-bond donors (Lipinski definition) is 1. The zero-order valence-corrected chi connectivity index (χ0v) is 10.6. The lowest BCUT2D eigenvalue weighted by molar-refractivity contribution is 0.106. The lowest BCUT2D eigenvalue weighted by Crippen LogP contribution is -2.41. The molecule has 1 saturated carbocycles. The molecule has 4 unspecified atom stereocenters. The Kier molecular flexibility index (Phi) is 3.71.